The van der Waals surface area contributed by atoms with E-state index < -0.39 is 0 Å². The van der Waals surface area contributed by atoms with E-state index in [2.05, 4.69) is 0 Å². The molecule has 1 aromatic carbocycles. The van der Waals surface area contributed by atoms with Gasteiger partial charge in [-0.2, -0.15) is 0 Å². The molecule has 26 heavy (non-hydrogen) atoms. The minimum absolute atomic E-state index is 0.138. The Hall–Kier alpha value is -2.04. The summed E-state index contributed by atoms with van der Waals surface area (Å²) >= 11 is 0. The molecule has 0 bridgehead atoms. The lowest BCUT2D eigenvalue weighted by atomic mass is 9.88. The number of piperazine rings is 1. The van der Waals surface area contributed by atoms with Gasteiger partial charge in [-0.1, -0.05) is 31.4 Å². The third-order valence-electron chi connectivity index (χ3n) is 5.71. The van der Waals surface area contributed by atoms with Crippen molar-refractivity contribution < 1.29 is 14.3 Å². The van der Waals surface area contributed by atoms with Crippen LogP contribution in [0.15, 0.2) is 18.2 Å². The van der Waals surface area contributed by atoms with Crippen molar-refractivity contribution in [1.29, 1.82) is 0 Å². The summed E-state index contributed by atoms with van der Waals surface area (Å²) in [6.07, 6.45) is 6.09. The molecular formula is C21H30N2O3. The van der Waals surface area contributed by atoms with Gasteiger partial charge in [0, 0.05) is 32.1 Å². The molecule has 1 saturated heterocycles. The van der Waals surface area contributed by atoms with Crippen LogP contribution in [0.1, 0.15) is 43.2 Å². The molecule has 2 amide bonds. The maximum Gasteiger partial charge on any atom is 0.227 e. The molecule has 5 nitrogen and oxygen atoms in total. The second-order valence-electron chi connectivity index (χ2n) is 7.52. The highest BCUT2D eigenvalue weighted by Gasteiger charge is 2.29. The van der Waals surface area contributed by atoms with E-state index >= 15 is 0 Å². The van der Waals surface area contributed by atoms with Crippen molar-refractivity contribution in [2.45, 2.75) is 45.4 Å². The van der Waals surface area contributed by atoms with Crippen LogP contribution in [0.5, 0.6) is 5.75 Å². The molecule has 0 unspecified atom stereocenters. The molecule has 1 heterocycles. The summed E-state index contributed by atoms with van der Waals surface area (Å²) in [5.41, 5.74) is 2.05. The number of nitrogens with zero attached hydrogens (tertiary/aromatic N) is 2. The first-order chi connectivity index (χ1) is 12.6. The van der Waals surface area contributed by atoms with Gasteiger partial charge in [0.05, 0.1) is 13.5 Å². The average Bonchev–Trinajstić information content (AvgIpc) is 2.68. The van der Waals surface area contributed by atoms with E-state index in [0.717, 1.165) is 29.7 Å². The van der Waals surface area contributed by atoms with Crippen LogP contribution < -0.4 is 4.74 Å². The Morgan fingerprint density at radius 2 is 1.69 bits per heavy atom. The van der Waals surface area contributed by atoms with E-state index in [1.807, 2.05) is 34.9 Å². The molecule has 1 aromatic rings. The minimum atomic E-state index is 0.138. The number of carbonyl (C=O) groups excluding carboxylic acids is 2. The van der Waals surface area contributed by atoms with Gasteiger partial charge < -0.3 is 14.5 Å². The Morgan fingerprint density at radius 1 is 1.04 bits per heavy atom. The summed E-state index contributed by atoms with van der Waals surface area (Å²) in [7, 11) is 1.65. The number of carbonyl (C=O) groups is 2. The SMILES string of the molecule is COc1ccc(CC(=O)N2CCN(C(=O)C3CCCCC3)CC2)cc1C. The van der Waals surface area contributed by atoms with Crippen molar-refractivity contribution in [2.24, 2.45) is 5.92 Å². The first-order valence-electron chi connectivity index (χ1n) is 9.78. The summed E-state index contributed by atoms with van der Waals surface area (Å²) in [5.74, 6) is 1.51. The number of hydrogen-bond acceptors (Lipinski definition) is 3. The van der Waals surface area contributed by atoms with Gasteiger partial charge in [-0.25, -0.2) is 0 Å². The van der Waals surface area contributed by atoms with Gasteiger partial charge in [-0.05, 0) is 37.0 Å². The monoisotopic (exact) mass is 358 g/mol. The predicted molar refractivity (Wildman–Crippen MR) is 101 cm³/mol. The van der Waals surface area contributed by atoms with E-state index in [-0.39, 0.29) is 11.8 Å². The third-order valence-corrected chi connectivity index (χ3v) is 5.71. The molecule has 2 fully saturated rings. The Kier molecular flexibility index (Phi) is 6.17. The molecule has 142 valence electrons. The lowest BCUT2D eigenvalue weighted by molar-refractivity contribution is -0.142. The highest BCUT2D eigenvalue weighted by atomic mass is 16.5. The largest absolute Gasteiger partial charge is 0.496 e. The molecule has 3 rings (SSSR count). The number of benzene rings is 1. The number of rotatable bonds is 4. The highest BCUT2D eigenvalue weighted by Crippen LogP contribution is 2.26. The molecule has 0 N–H and O–H groups in total. The molecule has 1 aliphatic carbocycles. The summed E-state index contributed by atoms with van der Waals surface area (Å²) in [6, 6.07) is 5.88. The fourth-order valence-electron chi connectivity index (χ4n) is 4.12. The number of aryl methyl sites for hydroxylation is 1. The number of methoxy groups -OCH3 is 1. The van der Waals surface area contributed by atoms with Crippen LogP contribution in [0.3, 0.4) is 0 Å². The molecule has 2 aliphatic rings. The van der Waals surface area contributed by atoms with Gasteiger partial charge in [-0.3, -0.25) is 9.59 Å². The smallest absolute Gasteiger partial charge is 0.227 e. The van der Waals surface area contributed by atoms with Gasteiger partial charge in [0.1, 0.15) is 5.75 Å². The Labute approximate surface area is 156 Å². The van der Waals surface area contributed by atoms with Crippen molar-refractivity contribution in [3.63, 3.8) is 0 Å². The summed E-state index contributed by atoms with van der Waals surface area (Å²) < 4.78 is 5.27. The zero-order valence-corrected chi connectivity index (χ0v) is 16.0. The van der Waals surface area contributed by atoms with E-state index in [4.69, 9.17) is 4.74 Å². The standard InChI is InChI=1S/C21H30N2O3/c1-16-14-17(8-9-19(16)26-2)15-20(24)22-10-12-23(13-11-22)21(25)18-6-4-3-5-7-18/h8-9,14,18H,3-7,10-13,15H2,1-2H3. The first kappa shape index (κ1) is 18.7. The summed E-state index contributed by atoms with van der Waals surface area (Å²) in [5, 5.41) is 0. The van der Waals surface area contributed by atoms with Gasteiger partial charge in [0.15, 0.2) is 0 Å². The average molecular weight is 358 g/mol. The first-order valence-corrected chi connectivity index (χ1v) is 9.78. The van der Waals surface area contributed by atoms with Crippen molar-refractivity contribution >= 4 is 11.8 Å². The number of hydrogen-bond donors (Lipinski definition) is 0. The number of amides is 2. The zero-order valence-electron chi connectivity index (χ0n) is 16.0. The predicted octanol–water partition coefficient (Wildman–Crippen LogP) is 2.80. The highest BCUT2D eigenvalue weighted by molar-refractivity contribution is 5.81. The minimum Gasteiger partial charge on any atom is -0.496 e. The van der Waals surface area contributed by atoms with Crippen LogP contribution in [0, 0.1) is 12.8 Å². The molecule has 0 atom stereocenters. The van der Waals surface area contributed by atoms with Crippen LogP contribution in [-0.2, 0) is 16.0 Å². The maximum atomic E-state index is 12.6. The molecule has 0 spiro atoms. The lowest BCUT2D eigenvalue weighted by Crippen LogP contribution is -2.52. The second-order valence-corrected chi connectivity index (χ2v) is 7.52. The molecule has 0 radical (unpaired) electrons. The van der Waals surface area contributed by atoms with Gasteiger partial charge in [-0.15, -0.1) is 0 Å². The Bertz CT molecular complexity index is 645. The summed E-state index contributed by atoms with van der Waals surface area (Å²) in [6.45, 7) is 4.62. The van der Waals surface area contributed by atoms with Gasteiger partial charge in [0.25, 0.3) is 0 Å². The number of ether oxygens (including phenoxy) is 1. The van der Waals surface area contributed by atoms with E-state index in [1.165, 1.54) is 19.3 Å². The fraction of sp³-hybridized carbons (Fsp3) is 0.619. The van der Waals surface area contributed by atoms with E-state index in [1.54, 1.807) is 7.11 Å². The van der Waals surface area contributed by atoms with Gasteiger partial charge in [0.2, 0.25) is 11.8 Å². The van der Waals surface area contributed by atoms with Crippen LogP contribution in [0.2, 0.25) is 0 Å². The zero-order chi connectivity index (χ0) is 18.5. The summed E-state index contributed by atoms with van der Waals surface area (Å²) in [4.78, 5) is 29.1. The van der Waals surface area contributed by atoms with Crippen molar-refractivity contribution in [2.75, 3.05) is 33.3 Å². The fourth-order valence-corrected chi connectivity index (χ4v) is 4.12. The van der Waals surface area contributed by atoms with Crippen molar-refractivity contribution in [3.05, 3.63) is 29.3 Å². The molecule has 1 saturated carbocycles. The van der Waals surface area contributed by atoms with Crippen molar-refractivity contribution in [1.82, 2.24) is 9.80 Å². The lowest BCUT2D eigenvalue weighted by Gasteiger charge is -2.37. The topological polar surface area (TPSA) is 49.9 Å². The van der Waals surface area contributed by atoms with E-state index in [0.29, 0.717) is 38.5 Å². The molecular weight excluding hydrogens is 328 g/mol. The van der Waals surface area contributed by atoms with Crippen molar-refractivity contribution in [3.8, 4) is 5.75 Å². The Morgan fingerprint density at radius 3 is 2.31 bits per heavy atom. The molecule has 5 heteroatoms. The quantitative estimate of drug-likeness (QED) is 0.832. The van der Waals surface area contributed by atoms with Crippen LogP contribution in [0.25, 0.3) is 0 Å². The molecule has 0 aromatic heterocycles. The van der Waals surface area contributed by atoms with Gasteiger partial charge >= 0.3 is 0 Å². The van der Waals surface area contributed by atoms with Crippen LogP contribution >= 0.6 is 0 Å². The maximum absolute atomic E-state index is 12.6. The third kappa shape index (κ3) is 4.37. The van der Waals surface area contributed by atoms with E-state index in [9.17, 15) is 9.59 Å². The van der Waals surface area contributed by atoms with Crippen LogP contribution in [-0.4, -0.2) is 54.9 Å². The second kappa shape index (κ2) is 8.56. The van der Waals surface area contributed by atoms with Crippen LogP contribution in [0.4, 0.5) is 0 Å². The normalized spacial score (nSPS) is 18.7. The Balaban J connectivity index is 1.50. The molecule has 1 aliphatic heterocycles.